The van der Waals surface area contributed by atoms with E-state index in [-0.39, 0.29) is 23.1 Å². The minimum absolute atomic E-state index is 0.104. The number of nitrogens with one attached hydrogen (secondary N) is 1. The summed E-state index contributed by atoms with van der Waals surface area (Å²) in [7, 11) is 0. The molecule has 2 aliphatic heterocycles. The van der Waals surface area contributed by atoms with Crippen LogP contribution < -0.4 is 5.32 Å². The van der Waals surface area contributed by atoms with Gasteiger partial charge in [-0.3, -0.25) is 4.90 Å². The van der Waals surface area contributed by atoms with Crippen LogP contribution in [0.2, 0.25) is 0 Å². The smallest absolute Gasteiger partial charge is 0.123 e. The van der Waals surface area contributed by atoms with Crippen LogP contribution in [0.4, 0.5) is 8.78 Å². The number of hydrogen-bond donors (Lipinski definition) is 2. The van der Waals surface area contributed by atoms with Crippen molar-refractivity contribution in [2.45, 2.75) is 18.9 Å². The van der Waals surface area contributed by atoms with Gasteiger partial charge < -0.3 is 10.5 Å². The van der Waals surface area contributed by atoms with Crippen molar-refractivity contribution in [2.75, 3.05) is 26.2 Å². The lowest BCUT2D eigenvalue weighted by Crippen LogP contribution is -2.49. The molecule has 1 atom stereocenters. The second-order valence-corrected chi connectivity index (χ2v) is 7.48. The van der Waals surface area contributed by atoms with Gasteiger partial charge in [0.2, 0.25) is 0 Å². The molecule has 0 aromatic heterocycles. The minimum Gasteiger partial charge on any atom is -0.411 e. The average Bonchev–Trinajstić information content (AvgIpc) is 3.09. The molecular weight excluding hydrogens is 348 g/mol. The van der Waals surface area contributed by atoms with Gasteiger partial charge >= 0.3 is 0 Å². The summed E-state index contributed by atoms with van der Waals surface area (Å²) in [5.41, 5.74) is 2.59. The van der Waals surface area contributed by atoms with E-state index in [1.54, 1.807) is 24.3 Å². The zero-order valence-corrected chi connectivity index (χ0v) is 15.0. The van der Waals surface area contributed by atoms with Crippen molar-refractivity contribution < 1.29 is 14.0 Å². The van der Waals surface area contributed by atoms with Crippen molar-refractivity contribution in [2.24, 2.45) is 10.6 Å². The second kappa shape index (κ2) is 7.37. The normalized spacial score (nSPS) is 24.9. The highest BCUT2D eigenvalue weighted by Crippen LogP contribution is 2.41. The van der Waals surface area contributed by atoms with Crippen LogP contribution in [0.5, 0.6) is 0 Å². The van der Waals surface area contributed by atoms with Crippen LogP contribution in [0.15, 0.2) is 53.7 Å². The first-order valence-corrected chi connectivity index (χ1v) is 9.28. The lowest BCUT2D eigenvalue weighted by atomic mass is 9.78. The fraction of sp³-hybridized carbons (Fsp3) is 0.381. The molecule has 0 aliphatic carbocycles. The molecule has 2 heterocycles. The Bertz CT molecular complexity index is 777. The van der Waals surface area contributed by atoms with E-state index in [9.17, 15) is 14.0 Å². The quantitative estimate of drug-likeness (QED) is 0.641. The molecule has 0 radical (unpaired) electrons. The zero-order valence-electron chi connectivity index (χ0n) is 15.0. The minimum atomic E-state index is -0.277. The van der Waals surface area contributed by atoms with Crippen molar-refractivity contribution >= 4 is 5.71 Å². The number of hydrogen-bond acceptors (Lipinski definition) is 4. The van der Waals surface area contributed by atoms with Gasteiger partial charge in [-0.1, -0.05) is 29.4 Å². The van der Waals surface area contributed by atoms with Gasteiger partial charge in [0.05, 0.1) is 11.8 Å². The Kier molecular flexibility index (Phi) is 4.93. The predicted molar refractivity (Wildman–Crippen MR) is 100.0 cm³/mol. The van der Waals surface area contributed by atoms with Crippen molar-refractivity contribution in [3.8, 4) is 0 Å². The second-order valence-electron chi connectivity index (χ2n) is 7.48. The number of piperidine rings is 1. The average molecular weight is 371 g/mol. The van der Waals surface area contributed by atoms with Gasteiger partial charge in [-0.15, -0.1) is 0 Å². The first-order valence-electron chi connectivity index (χ1n) is 9.28. The molecule has 4 nitrogen and oxygen atoms in total. The molecule has 0 saturated carbocycles. The predicted octanol–water partition coefficient (Wildman–Crippen LogP) is 3.57. The summed E-state index contributed by atoms with van der Waals surface area (Å²) in [5, 5.41) is 16.5. The van der Waals surface area contributed by atoms with E-state index < -0.39 is 0 Å². The van der Waals surface area contributed by atoms with E-state index in [4.69, 9.17) is 0 Å². The summed E-state index contributed by atoms with van der Waals surface area (Å²) < 4.78 is 26.9. The molecule has 27 heavy (non-hydrogen) atoms. The van der Waals surface area contributed by atoms with Gasteiger partial charge in [0.25, 0.3) is 0 Å². The maximum atomic E-state index is 13.5. The molecule has 2 saturated heterocycles. The van der Waals surface area contributed by atoms with E-state index in [0.717, 1.165) is 55.9 Å². The van der Waals surface area contributed by atoms with Gasteiger partial charge in [-0.2, -0.15) is 0 Å². The van der Waals surface area contributed by atoms with E-state index in [1.807, 2.05) is 0 Å². The summed E-state index contributed by atoms with van der Waals surface area (Å²) in [6, 6.07) is 12.9. The van der Waals surface area contributed by atoms with Crippen molar-refractivity contribution in [1.82, 2.24) is 10.2 Å². The molecule has 1 unspecified atom stereocenters. The van der Waals surface area contributed by atoms with Crippen LogP contribution in [0.25, 0.3) is 0 Å². The standard InChI is InChI=1S/C21H23F2N3O/c22-17-5-1-15(2-6-17)20(16-3-7-18(23)8-4-16)26-12-10-21(14-26)13-24-11-9-19(21)25-27/h1-8,20,24,27H,9-14H2. The zero-order chi connectivity index (χ0) is 18.9. The van der Waals surface area contributed by atoms with Gasteiger partial charge in [-0.05, 0) is 41.8 Å². The molecule has 0 amide bonds. The van der Waals surface area contributed by atoms with Crippen LogP contribution in [-0.4, -0.2) is 42.0 Å². The summed E-state index contributed by atoms with van der Waals surface area (Å²) in [5.74, 6) is -0.554. The van der Waals surface area contributed by atoms with Crippen LogP contribution in [0.3, 0.4) is 0 Å². The van der Waals surface area contributed by atoms with Crippen molar-refractivity contribution in [3.05, 3.63) is 71.3 Å². The third-order valence-corrected chi connectivity index (χ3v) is 5.85. The van der Waals surface area contributed by atoms with Crippen molar-refractivity contribution in [1.29, 1.82) is 0 Å². The summed E-state index contributed by atoms with van der Waals surface area (Å²) in [4.78, 5) is 2.32. The Labute approximate surface area is 157 Å². The van der Waals surface area contributed by atoms with E-state index in [0.29, 0.717) is 0 Å². The summed E-state index contributed by atoms with van der Waals surface area (Å²) in [6.07, 6.45) is 1.63. The highest BCUT2D eigenvalue weighted by molar-refractivity contribution is 5.91. The molecule has 6 heteroatoms. The summed E-state index contributed by atoms with van der Waals surface area (Å²) in [6.45, 7) is 3.15. The van der Waals surface area contributed by atoms with Gasteiger partial charge in [-0.25, -0.2) is 8.78 Å². The highest BCUT2D eigenvalue weighted by atomic mass is 19.1. The van der Waals surface area contributed by atoms with Crippen molar-refractivity contribution in [3.63, 3.8) is 0 Å². The largest absolute Gasteiger partial charge is 0.411 e. The molecule has 1 spiro atoms. The number of halogens is 2. The Morgan fingerprint density at radius 1 is 1.00 bits per heavy atom. The lowest BCUT2D eigenvalue weighted by Gasteiger charge is -2.36. The Morgan fingerprint density at radius 3 is 2.15 bits per heavy atom. The molecule has 2 aliphatic rings. The van der Waals surface area contributed by atoms with Gasteiger partial charge in [0, 0.05) is 38.0 Å². The van der Waals surface area contributed by atoms with E-state index in [2.05, 4.69) is 15.4 Å². The lowest BCUT2D eigenvalue weighted by molar-refractivity contribution is 0.242. The first-order chi connectivity index (χ1) is 13.1. The number of benzene rings is 2. The number of oxime groups is 1. The van der Waals surface area contributed by atoms with E-state index >= 15 is 0 Å². The van der Waals surface area contributed by atoms with Crippen LogP contribution in [-0.2, 0) is 0 Å². The monoisotopic (exact) mass is 371 g/mol. The SMILES string of the molecule is ON=C1CCNCC12CCN(C(c1ccc(F)cc1)c1ccc(F)cc1)C2. The number of likely N-dealkylation sites (tertiary alicyclic amines) is 1. The molecule has 2 aromatic carbocycles. The van der Waals surface area contributed by atoms with Crippen LogP contribution >= 0.6 is 0 Å². The molecule has 142 valence electrons. The number of nitrogens with zero attached hydrogens (tertiary/aromatic N) is 2. The molecule has 2 fully saturated rings. The summed E-state index contributed by atoms with van der Waals surface area (Å²) >= 11 is 0. The van der Waals surface area contributed by atoms with Crippen LogP contribution in [0, 0.1) is 17.0 Å². The maximum absolute atomic E-state index is 13.5. The Morgan fingerprint density at radius 2 is 1.59 bits per heavy atom. The van der Waals surface area contributed by atoms with E-state index in [1.165, 1.54) is 24.3 Å². The third kappa shape index (κ3) is 3.47. The highest BCUT2D eigenvalue weighted by Gasteiger charge is 2.46. The maximum Gasteiger partial charge on any atom is 0.123 e. The first kappa shape index (κ1) is 18.1. The van der Waals surface area contributed by atoms with Crippen LogP contribution in [0.1, 0.15) is 30.0 Å². The molecule has 0 bridgehead atoms. The van der Waals surface area contributed by atoms with Gasteiger partial charge in [0.1, 0.15) is 11.6 Å². The molecule has 2 N–H and O–H groups in total. The number of rotatable bonds is 3. The Hall–Kier alpha value is -2.31. The third-order valence-electron chi connectivity index (χ3n) is 5.85. The van der Waals surface area contributed by atoms with Gasteiger partial charge in [0.15, 0.2) is 0 Å². The molecule has 2 aromatic rings. The fourth-order valence-electron chi connectivity index (χ4n) is 4.47. The fourth-order valence-corrected chi connectivity index (χ4v) is 4.47. The topological polar surface area (TPSA) is 47.9 Å². The molecular formula is C21H23F2N3O. The molecule has 4 rings (SSSR count). The Balaban J connectivity index is 1.69.